The van der Waals surface area contributed by atoms with Crippen molar-refractivity contribution in [3.8, 4) is 0 Å². The molecular weight excluding hydrogens is 200 g/mol. The van der Waals surface area contributed by atoms with E-state index in [0.29, 0.717) is 6.04 Å². The summed E-state index contributed by atoms with van der Waals surface area (Å²) < 4.78 is 5.41. The molecule has 0 radical (unpaired) electrons. The summed E-state index contributed by atoms with van der Waals surface area (Å²) in [4.78, 5) is 4.09. The first-order valence-corrected chi connectivity index (χ1v) is 5.71. The fraction of sp³-hybridized carbons (Fsp3) is 0.615. The van der Waals surface area contributed by atoms with Gasteiger partial charge in [-0.15, -0.1) is 0 Å². The Bertz CT molecular complexity index is 298. The van der Waals surface area contributed by atoms with Crippen LogP contribution in [0.15, 0.2) is 24.5 Å². The average Bonchev–Trinajstić information content (AvgIpc) is 2.27. The van der Waals surface area contributed by atoms with Crippen LogP contribution in [0.2, 0.25) is 0 Å². The molecule has 0 aliphatic carbocycles. The maximum Gasteiger partial charge on any atom is 0.0637 e. The molecule has 0 bridgehead atoms. The molecule has 90 valence electrons. The third-order valence-electron chi connectivity index (χ3n) is 2.73. The van der Waals surface area contributed by atoms with Gasteiger partial charge >= 0.3 is 0 Å². The molecule has 0 fully saturated rings. The Morgan fingerprint density at radius 1 is 1.50 bits per heavy atom. The summed E-state index contributed by atoms with van der Waals surface area (Å²) in [6.07, 6.45) is 4.67. The van der Waals surface area contributed by atoms with Gasteiger partial charge in [0.2, 0.25) is 0 Å². The van der Waals surface area contributed by atoms with Gasteiger partial charge in [-0.3, -0.25) is 4.98 Å². The fourth-order valence-corrected chi connectivity index (χ4v) is 1.69. The minimum Gasteiger partial charge on any atom is -0.379 e. The molecule has 0 aliphatic heterocycles. The van der Waals surface area contributed by atoms with Gasteiger partial charge < -0.3 is 10.1 Å². The van der Waals surface area contributed by atoms with Crippen LogP contribution in [-0.4, -0.2) is 23.7 Å². The Hall–Kier alpha value is -0.930. The second kappa shape index (κ2) is 5.97. The predicted molar refractivity (Wildman–Crippen MR) is 66.2 cm³/mol. The summed E-state index contributed by atoms with van der Waals surface area (Å²) in [6, 6.07) is 4.46. The highest BCUT2D eigenvalue weighted by Crippen LogP contribution is 2.15. The normalized spacial score (nSPS) is 13.8. The largest absolute Gasteiger partial charge is 0.379 e. The molecule has 1 aromatic heterocycles. The summed E-state index contributed by atoms with van der Waals surface area (Å²) in [7, 11) is 1.76. The first kappa shape index (κ1) is 13.1. The van der Waals surface area contributed by atoms with Crippen LogP contribution in [0.5, 0.6) is 0 Å². The second-order valence-electron chi connectivity index (χ2n) is 4.81. The summed E-state index contributed by atoms with van der Waals surface area (Å²) >= 11 is 0. The lowest BCUT2D eigenvalue weighted by atomic mass is 10.00. The highest BCUT2D eigenvalue weighted by atomic mass is 16.5. The van der Waals surface area contributed by atoms with Gasteiger partial charge in [0.15, 0.2) is 0 Å². The number of nitrogens with zero attached hydrogens (tertiary/aromatic N) is 1. The van der Waals surface area contributed by atoms with E-state index in [1.807, 2.05) is 12.3 Å². The van der Waals surface area contributed by atoms with Crippen molar-refractivity contribution in [1.29, 1.82) is 0 Å². The van der Waals surface area contributed by atoms with Gasteiger partial charge in [0, 0.05) is 32.1 Å². The summed E-state index contributed by atoms with van der Waals surface area (Å²) in [6.45, 7) is 7.25. The first-order chi connectivity index (χ1) is 7.53. The topological polar surface area (TPSA) is 34.1 Å². The lowest BCUT2D eigenvalue weighted by molar-refractivity contribution is 0.00844. The third-order valence-corrected chi connectivity index (χ3v) is 2.73. The van der Waals surface area contributed by atoms with E-state index in [2.05, 4.69) is 37.1 Å². The van der Waals surface area contributed by atoms with Gasteiger partial charge in [0.1, 0.15) is 0 Å². The summed E-state index contributed by atoms with van der Waals surface area (Å²) in [5.74, 6) is 0. The molecule has 3 heteroatoms. The molecule has 1 heterocycles. The Labute approximate surface area is 98.2 Å². The number of hydrogen-bond acceptors (Lipinski definition) is 3. The Balaban J connectivity index is 2.33. The van der Waals surface area contributed by atoms with E-state index in [0.717, 1.165) is 13.0 Å². The molecule has 0 saturated heterocycles. The zero-order valence-electron chi connectivity index (χ0n) is 10.7. The van der Waals surface area contributed by atoms with E-state index in [1.54, 1.807) is 13.3 Å². The lowest BCUT2D eigenvalue weighted by Crippen LogP contribution is -2.35. The van der Waals surface area contributed by atoms with Gasteiger partial charge in [0.05, 0.1) is 5.60 Å². The molecule has 1 atom stereocenters. The molecule has 16 heavy (non-hydrogen) atoms. The molecule has 0 aliphatic rings. The first-order valence-electron chi connectivity index (χ1n) is 5.71. The monoisotopic (exact) mass is 222 g/mol. The zero-order chi connectivity index (χ0) is 12.0. The maximum absolute atomic E-state index is 5.41. The molecule has 0 aromatic carbocycles. The average molecular weight is 222 g/mol. The van der Waals surface area contributed by atoms with Crippen LogP contribution in [-0.2, 0) is 11.3 Å². The zero-order valence-corrected chi connectivity index (χ0v) is 10.7. The number of methoxy groups -OCH3 is 1. The van der Waals surface area contributed by atoms with Crippen LogP contribution in [0, 0.1) is 0 Å². The number of nitrogens with one attached hydrogen (secondary N) is 1. The second-order valence-corrected chi connectivity index (χ2v) is 4.81. The number of rotatable bonds is 6. The van der Waals surface area contributed by atoms with Crippen molar-refractivity contribution < 1.29 is 4.74 Å². The molecule has 1 N–H and O–H groups in total. The van der Waals surface area contributed by atoms with E-state index >= 15 is 0 Å². The van der Waals surface area contributed by atoms with Crippen molar-refractivity contribution in [2.45, 2.75) is 45.4 Å². The summed E-state index contributed by atoms with van der Waals surface area (Å²) in [5, 5.41) is 3.47. The van der Waals surface area contributed by atoms with Crippen molar-refractivity contribution >= 4 is 0 Å². The third kappa shape index (κ3) is 4.73. The molecule has 3 nitrogen and oxygen atoms in total. The number of pyridine rings is 1. The van der Waals surface area contributed by atoms with Crippen molar-refractivity contribution in [3.05, 3.63) is 30.1 Å². The van der Waals surface area contributed by atoms with Crippen molar-refractivity contribution in [2.24, 2.45) is 0 Å². The number of aromatic nitrogens is 1. The predicted octanol–water partition coefficient (Wildman–Crippen LogP) is 2.37. The Morgan fingerprint density at radius 3 is 2.81 bits per heavy atom. The van der Waals surface area contributed by atoms with Crippen LogP contribution in [0.25, 0.3) is 0 Å². The number of ether oxygens (including phenoxy) is 1. The number of hydrogen-bond donors (Lipinski definition) is 1. The van der Waals surface area contributed by atoms with E-state index in [4.69, 9.17) is 4.74 Å². The smallest absolute Gasteiger partial charge is 0.0637 e. The van der Waals surface area contributed by atoms with E-state index in [9.17, 15) is 0 Å². The van der Waals surface area contributed by atoms with Gasteiger partial charge in [-0.25, -0.2) is 0 Å². The quantitative estimate of drug-likeness (QED) is 0.802. The van der Waals surface area contributed by atoms with Gasteiger partial charge in [-0.05, 0) is 38.8 Å². The molecule has 0 saturated carbocycles. The Morgan fingerprint density at radius 2 is 2.25 bits per heavy atom. The highest BCUT2D eigenvalue weighted by Gasteiger charge is 2.19. The van der Waals surface area contributed by atoms with Crippen molar-refractivity contribution in [2.75, 3.05) is 7.11 Å². The maximum atomic E-state index is 5.41. The van der Waals surface area contributed by atoms with E-state index in [1.165, 1.54) is 5.56 Å². The van der Waals surface area contributed by atoms with Crippen LogP contribution in [0.4, 0.5) is 0 Å². The minimum absolute atomic E-state index is 0.0681. The lowest BCUT2D eigenvalue weighted by Gasteiger charge is -2.27. The van der Waals surface area contributed by atoms with Crippen LogP contribution in [0.1, 0.15) is 32.8 Å². The molecule has 0 amide bonds. The molecular formula is C13H22N2O. The van der Waals surface area contributed by atoms with Crippen LogP contribution in [0.3, 0.4) is 0 Å². The van der Waals surface area contributed by atoms with Gasteiger partial charge in [-0.2, -0.15) is 0 Å². The van der Waals surface area contributed by atoms with Crippen molar-refractivity contribution in [3.63, 3.8) is 0 Å². The fourth-order valence-electron chi connectivity index (χ4n) is 1.69. The standard InChI is InChI=1S/C13H22N2O/c1-11(8-13(2,3)16-4)15-10-12-6-5-7-14-9-12/h5-7,9,11,15H,8,10H2,1-4H3. The molecule has 1 aromatic rings. The van der Waals surface area contributed by atoms with Crippen molar-refractivity contribution in [1.82, 2.24) is 10.3 Å². The highest BCUT2D eigenvalue weighted by molar-refractivity contribution is 5.07. The molecule has 1 rings (SSSR count). The van der Waals surface area contributed by atoms with E-state index < -0.39 is 0 Å². The van der Waals surface area contributed by atoms with Crippen LogP contribution >= 0.6 is 0 Å². The van der Waals surface area contributed by atoms with Gasteiger partial charge in [0.25, 0.3) is 0 Å². The minimum atomic E-state index is -0.0681. The molecule has 0 spiro atoms. The Kier molecular flexibility index (Phi) is 4.90. The SMILES string of the molecule is COC(C)(C)CC(C)NCc1cccnc1. The van der Waals surface area contributed by atoms with Crippen LogP contribution < -0.4 is 5.32 Å². The van der Waals surface area contributed by atoms with E-state index in [-0.39, 0.29) is 5.60 Å². The molecule has 1 unspecified atom stereocenters. The van der Waals surface area contributed by atoms with Gasteiger partial charge in [-0.1, -0.05) is 6.07 Å². The summed E-state index contributed by atoms with van der Waals surface area (Å²) in [5.41, 5.74) is 1.14.